The molecule has 4 amide bonds. The van der Waals surface area contributed by atoms with E-state index in [1.807, 2.05) is 42.5 Å². The summed E-state index contributed by atoms with van der Waals surface area (Å²) in [6.07, 6.45) is 1.42. The summed E-state index contributed by atoms with van der Waals surface area (Å²) in [5, 5.41) is 2.87. The molecule has 8 heteroatoms. The van der Waals surface area contributed by atoms with Crippen molar-refractivity contribution in [1.29, 1.82) is 0 Å². The number of barbiturate groups is 1. The molecule has 1 N–H and O–H groups in total. The van der Waals surface area contributed by atoms with E-state index in [1.165, 1.54) is 6.08 Å². The van der Waals surface area contributed by atoms with E-state index in [-0.39, 0.29) is 12.2 Å². The second-order valence-electron chi connectivity index (χ2n) is 8.68. The van der Waals surface area contributed by atoms with Gasteiger partial charge in [0.2, 0.25) is 0 Å². The van der Waals surface area contributed by atoms with Gasteiger partial charge >= 0.3 is 6.03 Å². The minimum atomic E-state index is -0.827. The Kier molecular flexibility index (Phi) is 7.70. The highest BCUT2D eigenvalue weighted by Gasteiger charge is 2.37. The van der Waals surface area contributed by atoms with Gasteiger partial charge in [-0.05, 0) is 59.7 Å². The normalized spacial score (nSPS) is 14.3. The number of hydrogen-bond donors (Lipinski definition) is 1. The van der Waals surface area contributed by atoms with Gasteiger partial charge in [-0.3, -0.25) is 14.9 Å². The van der Waals surface area contributed by atoms with E-state index in [0.29, 0.717) is 34.4 Å². The quantitative estimate of drug-likeness (QED) is 0.214. The van der Waals surface area contributed by atoms with Gasteiger partial charge < -0.3 is 9.47 Å². The Balaban J connectivity index is 1.34. The van der Waals surface area contributed by atoms with Gasteiger partial charge in [0.15, 0.2) is 0 Å². The minimum absolute atomic E-state index is 0.193. The highest BCUT2D eigenvalue weighted by molar-refractivity contribution is 6.39. The van der Waals surface area contributed by atoms with Crippen LogP contribution in [0.4, 0.5) is 10.5 Å². The number of para-hydroxylation sites is 1. The Bertz CT molecular complexity index is 1530. The number of amides is 4. The third-order valence-electron chi connectivity index (χ3n) is 5.97. The number of anilines is 1. The molecule has 0 radical (unpaired) electrons. The third kappa shape index (κ3) is 6.17. The summed E-state index contributed by atoms with van der Waals surface area (Å²) in [7, 11) is 0. The molecule has 0 saturated carbocycles. The first-order chi connectivity index (χ1) is 19.0. The molecule has 1 heterocycles. The number of nitrogens with one attached hydrogen (secondary N) is 1. The van der Waals surface area contributed by atoms with E-state index in [1.54, 1.807) is 60.7 Å². The van der Waals surface area contributed by atoms with E-state index in [9.17, 15) is 14.4 Å². The van der Waals surface area contributed by atoms with Crippen LogP contribution in [0.2, 0.25) is 5.02 Å². The van der Waals surface area contributed by atoms with Crippen molar-refractivity contribution in [3.63, 3.8) is 0 Å². The van der Waals surface area contributed by atoms with Gasteiger partial charge in [0, 0.05) is 10.6 Å². The molecule has 4 aromatic carbocycles. The summed E-state index contributed by atoms with van der Waals surface area (Å²) in [5.41, 5.74) is 2.54. The lowest BCUT2D eigenvalue weighted by atomic mass is 10.1. The molecular weight excluding hydrogens is 516 g/mol. The molecule has 1 aliphatic rings. The van der Waals surface area contributed by atoms with Gasteiger partial charge in [0.05, 0.1) is 5.69 Å². The predicted octanol–water partition coefficient (Wildman–Crippen LogP) is 6.16. The summed E-state index contributed by atoms with van der Waals surface area (Å²) in [5.74, 6) is -0.472. The van der Waals surface area contributed by atoms with Crippen LogP contribution in [0, 0.1) is 0 Å². The summed E-state index contributed by atoms with van der Waals surface area (Å²) in [6.45, 7) is 0.644. The molecule has 1 saturated heterocycles. The predicted molar refractivity (Wildman–Crippen MR) is 148 cm³/mol. The molecule has 194 valence electrons. The van der Waals surface area contributed by atoms with Crippen LogP contribution in [-0.2, 0) is 22.8 Å². The van der Waals surface area contributed by atoms with Crippen molar-refractivity contribution in [3.05, 3.63) is 130 Å². The van der Waals surface area contributed by atoms with E-state index in [0.717, 1.165) is 16.0 Å². The Morgan fingerprint density at radius 1 is 0.718 bits per heavy atom. The molecule has 0 atom stereocenters. The van der Waals surface area contributed by atoms with Crippen LogP contribution in [0.15, 0.2) is 109 Å². The molecule has 1 fully saturated rings. The van der Waals surface area contributed by atoms with Crippen molar-refractivity contribution < 1.29 is 23.9 Å². The van der Waals surface area contributed by atoms with Gasteiger partial charge in [0.1, 0.15) is 30.3 Å². The van der Waals surface area contributed by atoms with Gasteiger partial charge in [-0.2, -0.15) is 0 Å². The van der Waals surface area contributed by atoms with Crippen molar-refractivity contribution in [2.45, 2.75) is 13.2 Å². The largest absolute Gasteiger partial charge is 0.489 e. The SMILES string of the molecule is O=C1NC(=O)N(c2ccc(OCc3ccccc3)cc2)C(=O)/C1=C/c1ccccc1OCc1ccc(Cl)cc1. The number of carbonyl (C=O) groups is 3. The number of benzene rings is 4. The smallest absolute Gasteiger partial charge is 0.335 e. The van der Waals surface area contributed by atoms with Crippen LogP contribution in [-0.4, -0.2) is 17.8 Å². The lowest BCUT2D eigenvalue weighted by Crippen LogP contribution is -2.54. The lowest BCUT2D eigenvalue weighted by molar-refractivity contribution is -0.122. The Hall–Kier alpha value is -4.88. The number of rotatable bonds is 8. The van der Waals surface area contributed by atoms with E-state index in [2.05, 4.69) is 5.32 Å². The first-order valence-corrected chi connectivity index (χ1v) is 12.5. The van der Waals surface area contributed by atoms with Crippen LogP contribution in [0.25, 0.3) is 6.08 Å². The molecule has 7 nitrogen and oxygen atoms in total. The van der Waals surface area contributed by atoms with Crippen molar-refractivity contribution in [1.82, 2.24) is 5.32 Å². The monoisotopic (exact) mass is 538 g/mol. The molecule has 0 spiro atoms. The van der Waals surface area contributed by atoms with Crippen LogP contribution in [0.3, 0.4) is 0 Å². The van der Waals surface area contributed by atoms with E-state index in [4.69, 9.17) is 21.1 Å². The molecule has 0 unspecified atom stereocenters. The third-order valence-corrected chi connectivity index (χ3v) is 6.22. The Labute approximate surface area is 230 Å². The van der Waals surface area contributed by atoms with Crippen LogP contribution >= 0.6 is 11.6 Å². The van der Waals surface area contributed by atoms with Gasteiger partial charge in [-0.25, -0.2) is 9.69 Å². The van der Waals surface area contributed by atoms with Crippen LogP contribution < -0.4 is 19.7 Å². The molecule has 1 aliphatic heterocycles. The standard InChI is InChI=1S/C31H23ClN2O5/c32-24-12-10-22(11-13-24)20-39-28-9-5-4-8-23(28)18-27-29(35)33-31(37)34(30(27)36)25-14-16-26(17-15-25)38-19-21-6-2-1-3-7-21/h1-18H,19-20H2,(H,33,35,37)/b27-18+. The number of carbonyl (C=O) groups excluding carboxylic acids is 3. The fraction of sp³-hybridized carbons (Fsp3) is 0.0645. The molecule has 39 heavy (non-hydrogen) atoms. The zero-order chi connectivity index (χ0) is 27.2. The number of halogens is 1. The molecular formula is C31H23ClN2O5. The number of nitrogens with zero attached hydrogens (tertiary/aromatic N) is 1. The van der Waals surface area contributed by atoms with E-state index < -0.39 is 17.8 Å². The minimum Gasteiger partial charge on any atom is -0.489 e. The van der Waals surface area contributed by atoms with Crippen molar-refractivity contribution >= 4 is 41.2 Å². The van der Waals surface area contributed by atoms with Crippen LogP contribution in [0.1, 0.15) is 16.7 Å². The van der Waals surface area contributed by atoms with Gasteiger partial charge in [-0.15, -0.1) is 0 Å². The average molecular weight is 539 g/mol. The number of imide groups is 2. The number of hydrogen-bond acceptors (Lipinski definition) is 5. The van der Waals surface area contributed by atoms with Gasteiger partial charge in [0.25, 0.3) is 11.8 Å². The zero-order valence-electron chi connectivity index (χ0n) is 20.7. The van der Waals surface area contributed by atoms with Gasteiger partial charge in [-0.1, -0.05) is 72.3 Å². The van der Waals surface area contributed by atoms with Crippen molar-refractivity contribution in [2.24, 2.45) is 0 Å². The van der Waals surface area contributed by atoms with Crippen molar-refractivity contribution in [2.75, 3.05) is 4.90 Å². The first-order valence-electron chi connectivity index (χ1n) is 12.1. The Morgan fingerprint density at radius 2 is 1.36 bits per heavy atom. The zero-order valence-corrected chi connectivity index (χ0v) is 21.4. The van der Waals surface area contributed by atoms with E-state index >= 15 is 0 Å². The Morgan fingerprint density at radius 3 is 2.10 bits per heavy atom. The summed E-state index contributed by atoms with van der Waals surface area (Å²) in [6, 6.07) is 29.7. The first kappa shape index (κ1) is 25.8. The number of urea groups is 1. The molecule has 0 bridgehead atoms. The van der Waals surface area contributed by atoms with Crippen LogP contribution in [0.5, 0.6) is 11.5 Å². The lowest BCUT2D eigenvalue weighted by Gasteiger charge is -2.26. The molecule has 4 aromatic rings. The summed E-state index contributed by atoms with van der Waals surface area (Å²) in [4.78, 5) is 39.6. The highest BCUT2D eigenvalue weighted by Crippen LogP contribution is 2.27. The number of ether oxygens (including phenoxy) is 2. The maximum Gasteiger partial charge on any atom is 0.335 e. The molecule has 5 rings (SSSR count). The highest BCUT2D eigenvalue weighted by atomic mass is 35.5. The fourth-order valence-electron chi connectivity index (χ4n) is 3.95. The van der Waals surface area contributed by atoms with Crippen molar-refractivity contribution in [3.8, 4) is 11.5 Å². The maximum atomic E-state index is 13.4. The second kappa shape index (κ2) is 11.7. The summed E-state index contributed by atoms with van der Waals surface area (Å²) >= 11 is 5.95. The molecule has 0 aliphatic carbocycles. The average Bonchev–Trinajstić information content (AvgIpc) is 2.95. The summed E-state index contributed by atoms with van der Waals surface area (Å²) < 4.78 is 11.7. The molecule has 0 aromatic heterocycles. The topological polar surface area (TPSA) is 84.9 Å². The maximum absolute atomic E-state index is 13.4. The fourth-order valence-corrected chi connectivity index (χ4v) is 4.08. The second-order valence-corrected chi connectivity index (χ2v) is 9.12.